The van der Waals surface area contributed by atoms with Gasteiger partial charge in [0.15, 0.2) is 0 Å². The van der Waals surface area contributed by atoms with Gasteiger partial charge in [0.05, 0.1) is 5.69 Å². The van der Waals surface area contributed by atoms with Crippen LogP contribution in [0.15, 0.2) is 18.6 Å². The molecule has 0 bridgehead atoms. The molecule has 1 fully saturated rings. The summed E-state index contributed by atoms with van der Waals surface area (Å²) in [7, 11) is 0. The maximum atomic E-state index is 4.25. The lowest BCUT2D eigenvalue weighted by molar-refractivity contribution is 0.281. The Bertz CT molecular complexity index is 291. The number of hydrogen-bond acceptors (Lipinski definition) is 3. The summed E-state index contributed by atoms with van der Waals surface area (Å²) in [4.78, 5) is 8.31. The van der Waals surface area contributed by atoms with Gasteiger partial charge in [0, 0.05) is 25.1 Å². The molecule has 0 atom stereocenters. The lowest BCUT2D eigenvalue weighted by Gasteiger charge is -2.26. The summed E-state index contributed by atoms with van der Waals surface area (Å²) in [5.41, 5.74) is 1.03. The van der Waals surface area contributed by atoms with Gasteiger partial charge in [0.2, 0.25) is 0 Å². The van der Waals surface area contributed by atoms with E-state index in [0.29, 0.717) is 0 Å². The summed E-state index contributed by atoms with van der Waals surface area (Å²) in [6, 6.07) is 0. The van der Waals surface area contributed by atoms with E-state index >= 15 is 0 Å². The normalized spacial score (nSPS) is 25.6. The van der Waals surface area contributed by atoms with Gasteiger partial charge in [-0.15, -0.1) is 0 Å². The van der Waals surface area contributed by atoms with Gasteiger partial charge in [-0.2, -0.15) is 0 Å². The fraction of sp³-hybridized carbons (Fsp3) is 0.692. The molecule has 0 aliphatic heterocycles. The van der Waals surface area contributed by atoms with Gasteiger partial charge in [0.25, 0.3) is 0 Å². The summed E-state index contributed by atoms with van der Waals surface area (Å²) in [5, 5.41) is 3.48. The molecule has 3 nitrogen and oxygen atoms in total. The van der Waals surface area contributed by atoms with Crippen LogP contribution in [0.1, 0.15) is 38.3 Å². The van der Waals surface area contributed by atoms with E-state index in [1.807, 2.05) is 6.20 Å². The highest BCUT2D eigenvalue weighted by Crippen LogP contribution is 2.27. The lowest BCUT2D eigenvalue weighted by Crippen LogP contribution is -2.26. The fourth-order valence-corrected chi connectivity index (χ4v) is 2.36. The zero-order valence-electron chi connectivity index (χ0n) is 10.0. The Morgan fingerprint density at radius 3 is 2.75 bits per heavy atom. The molecule has 0 saturated heterocycles. The molecular formula is C13H21N3. The van der Waals surface area contributed by atoms with Gasteiger partial charge < -0.3 is 5.32 Å². The van der Waals surface area contributed by atoms with Gasteiger partial charge >= 0.3 is 0 Å². The van der Waals surface area contributed by atoms with Crippen molar-refractivity contribution in [2.75, 3.05) is 6.54 Å². The van der Waals surface area contributed by atoms with E-state index < -0.39 is 0 Å². The number of rotatable bonds is 4. The first-order chi connectivity index (χ1) is 7.84. The lowest BCUT2D eigenvalue weighted by atomic mass is 9.83. The van der Waals surface area contributed by atoms with E-state index in [-0.39, 0.29) is 0 Å². The minimum atomic E-state index is 0.847. The van der Waals surface area contributed by atoms with Crippen LogP contribution in [-0.4, -0.2) is 16.5 Å². The molecule has 0 spiro atoms. The van der Waals surface area contributed by atoms with Gasteiger partial charge in [0.1, 0.15) is 0 Å². The number of aromatic nitrogens is 2. The van der Waals surface area contributed by atoms with Gasteiger partial charge in [-0.1, -0.05) is 19.8 Å². The topological polar surface area (TPSA) is 37.8 Å². The van der Waals surface area contributed by atoms with Crippen molar-refractivity contribution in [1.82, 2.24) is 15.3 Å². The third kappa shape index (κ3) is 3.56. The molecule has 88 valence electrons. The first-order valence-electron chi connectivity index (χ1n) is 6.30. The summed E-state index contributed by atoms with van der Waals surface area (Å²) >= 11 is 0. The third-order valence-electron chi connectivity index (χ3n) is 3.49. The molecule has 0 radical (unpaired) electrons. The van der Waals surface area contributed by atoms with Crippen LogP contribution in [0.2, 0.25) is 0 Å². The highest BCUT2D eigenvalue weighted by atomic mass is 14.9. The van der Waals surface area contributed by atoms with Crippen LogP contribution in [-0.2, 0) is 6.54 Å². The second-order valence-corrected chi connectivity index (χ2v) is 4.95. The Kier molecular flexibility index (Phi) is 4.28. The van der Waals surface area contributed by atoms with Crippen molar-refractivity contribution in [2.45, 2.75) is 39.2 Å². The Balaban J connectivity index is 1.65. The van der Waals surface area contributed by atoms with Crippen LogP contribution in [0.3, 0.4) is 0 Å². The summed E-state index contributed by atoms with van der Waals surface area (Å²) in [6.45, 7) is 4.34. The first kappa shape index (κ1) is 11.5. The molecule has 2 rings (SSSR count). The monoisotopic (exact) mass is 219 g/mol. The van der Waals surface area contributed by atoms with Gasteiger partial charge in [-0.3, -0.25) is 9.97 Å². The van der Waals surface area contributed by atoms with E-state index in [1.165, 1.54) is 25.7 Å². The Morgan fingerprint density at radius 2 is 2.06 bits per heavy atom. The molecule has 3 heteroatoms. The maximum Gasteiger partial charge on any atom is 0.0724 e. The highest BCUT2D eigenvalue weighted by molar-refractivity contribution is 4.93. The SMILES string of the molecule is CC1CCC(CNCc2cnccn2)CC1. The molecule has 1 aliphatic carbocycles. The van der Waals surface area contributed by atoms with Gasteiger partial charge in [-0.05, 0) is 31.2 Å². The molecule has 1 aliphatic rings. The molecule has 0 aromatic carbocycles. The standard InChI is InChI=1S/C13H21N3/c1-11-2-4-12(5-3-11)8-15-10-13-9-14-6-7-16-13/h6-7,9,11-12,15H,2-5,8,10H2,1H3. The smallest absolute Gasteiger partial charge is 0.0724 e. The zero-order chi connectivity index (χ0) is 11.2. The average molecular weight is 219 g/mol. The van der Waals surface area contributed by atoms with Crippen LogP contribution in [0, 0.1) is 11.8 Å². The van der Waals surface area contributed by atoms with Crippen molar-refractivity contribution in [1.29, 1.82) is 0 Å². The van der Waals surface area contributed by atoms with Crippen molar-refractivity contribution in [2.24, 2.45) is 11.8 Å². The van der Waals surface area contributed by atoms with Gasteiger partial charge in [-0.25, -0.2) is 0 Å². The van der Waals surface area contributed by atoms with Crippen LogP contribution in [0.25, 0.3) is 0 Å². The predicted molar refractivity (Wildman–Crippen MR) is 64.9 cm³/mol. The molecule has 1 heterocycles. The number of nitrogens with one attached hydrogen (secondary N) is 1. The molecule has 0 unspecified atom stereocenters. The molecule has 16 heavy (non-hydrogen) atoms. The molecule has 1 aromatic heterocycles. The Labute approximate surface area is 97.7 Å². The average Bonchev–Trinajstić information content (AvgIpc) is 2.33. The van der Waals surface area contributed by atoms with Crippen molar-refractivity contribution in [3.05, 3.63) is 24.3 Å². The number of nitrogens with zero attached hydrogens (tertiary/aromatic N) is 2. The molecule has 1 N–H and O–H groups in total. The van der Waals surface area contributed by atoms with E-state index in [0.717, 1.165) is 30.6 Å². The van der Waals surface area contributed by atoms with E-state index in [1.54, 1.807) is 12.4 Å². The summed E-state index contributed by atoms with van der Waals surface area (Å²) in [5.74, 6) is 1.81. The van der Waals surface area contributed by atoms with E-state index in [2.05, 4.69) is 22.2 Å². The number of hydrogen-bond donors (Lipinski definition) is 1. The van der Waals surface area contributed by atoms with Crippen molar-refractivity contribution in [3.63, 3.8) is 0 Å². The van der Waals surface area contributed by atoms with Crippen molar-refractivity contribution >= 4 is 0 Å². The Morgan fingerprint density at radius 1 is 1.25 bits per heavy atom. The molecule has 1 saturated carbocycles. The quantitative estimate of drug-likeness (QED) is 0.845. The van der Waals surface area contributed by atoms with Crippen LogP contribution in [0.4, 0.5) is 0 Å². The van der Waals surface area contributed by atoms with E-state index in [9.17, 15) is 0 Å². The molecule has 1 aromatic rings. The summed E-state index contributed by atoms with van der Waals surface area (Å²) in [6.07, 6.45) is 10.9. The fourth-order valence-electron chi connectivity index (χ4n) is 2.36. The minimum Gasteiger partial charge on any atom is -0.311 e. The second-order valence-electron chi connectivity index (χ2n) is 4.95. The van der Waals surface area contributed by atoms with Crippen LogP contribution < -0.4 is 5.32 Å². The van der Waals surface area contributed by atoms with E-state index in [4.69, 9.17) is 0 Å². The Hall–Kier alpha value is -0.960. The zero-order valence-corrected chi connectivity index (χ0v) is 10.0. The predicted octanol–water partition coefficient (Wildman–Crippen LogP) is 2.39. The largest absolute Gasteiger partial charge is 0.311 e. The van der Waals surface area contributed by atoms with Crippen molar-refractivity contribution in [3.8, 4) is 0 Å². The molecular weight excluding hydrogens is 198 g/mol. The maximum absolute atomic E-state index is 4.25. The molecule has 0 amide bonds. The minimum absolute atomic E-state index is 0.847. The highest BCUT2D eigenvalue weighted by Gasteiger charge is 2.17. The van der Waals surface area contributed by atoms with Crippen LogP contribution >= 0.6 is 0 Å². The third-order valence-corrected chi connectivity index (χ3v) is 3.49. The van der Waals surface area contributed by atoms with Crippen molar-refractivity contribution < 1.29 is 0 Å². The summed E-state index contributed by atoms with van der Waals surface area (Å²) < 4.78 is 0. The first-order valence-corrected chi connectivity index (χ1v) is 6.30. The van der Waals surface area contributed by atoms with Crippen LogP contribution in [0.5, 0.6) is 0 Å². The second kappa shape index (κ2) is 5.94.